The zero-order valence-corrected chi connectivity index (χ0v) is 14.3. The Kier molecular flexibility index (Phi) is 8.60. The van der Waals surface area contributed by atoms with E-state index in [1.54, 1.807) is 0 Å². The number of benzene rings is 1. The van der Waals surface area contributed by atoms with Gasteiger partial charge in [0.05, 0.1) is 22.2 Å². The lowest BCUT2D eigenvalue weighted by molar-refractivity contribution is 0.0187. The van der Waals surface area contributed by atoms with Crippen molar-refractivity contribution in [3.05, 3.63) is 26.6 Å². The molecular weight excluding hydrogens is 400 g/mol. The molecule has 0 aliphatic heterocycles. The number of nitrogens with one attached hydrogen (secondary N) is 1. The standard InChI is InChI=1S/C13H17Br2F2NO2/c1-2-20-13-10(14)5-9(6-11(13)15)7-18-3-4-19-8-12(16)17/h5-6,12,18H,2-4,7-8H2,1H3. The SMILES string of the molecule is CCOc1c(Br)cc(CNCCOCC(F)F)cc1Br. The summed E-state index contributed by atoms with van der Waals surface area (Å²) in [6.45, 7) is 3.42. The molecule has 20 heavy (non-hydrogen) atoms. The summed E-state index contributed by atoms with van der Waals surface area (Å²) in [5.41, 5.74) is 1.06. The minimum absolute atomic E-state index is 0.268. The van der Waals surface area contributed by atoms with Crippen LogP contribution >= 0.6 is 31.9 Å². The Hall–Kier alpha value is -0.240. The second kappa shape index (κ2) is 9.65. The summed E-state index contributed by atoms with van der Waals surface area (Å²) in [5, 5.41) is 3.13. The smallest absolute Gasteiger partial charge is 0.261 e. The zero-order valence-electron chi connectivity index (χ0n) is 11.1. The van der Waals surface area contributed by atoms with Gasteiger partial charge in [0.2, 0.25) is 0 Å². The predicted octanol–water partition coefficient (Wildman–Crippen LogP) is 3.98. The Morgan fingerprint density at radius 2 is 1.90 bits per heavy atom. The molecule has 0 saturated heterocycles. The van der Waals surface area contributed by atoms with E-state index in [-0.39, 0.29) is 6.61 Å². The van der Waals surface area contributed by atoms with Gasteiger partial charge >= 0.3 is 0 Å². The van der Waals surface area contributed by atoms with Crippen LogP contribution in [0.2, 0.25) is 0 Å². The summed E-state index contributed by atoms with van der Waals surface area (Å²) in [7, 11) is 0. The molecule has 0 radical (unpaired) electrons. The van der Waals surface area contributed by atoms with Crippen LogP contribution in [0.15, 0.2) is 21.1 Å². The maximum atomic E-state index is 11.8. The molecule has 0 saturated carbocycles. The normalized spacial score (nSPS) is 11.1. The highest BCUT2D eigenvalue weighted by Gasteiger charge is 2.08. The van der Waals surface area contributed by atoms with Crippen LogP contribution in [-0.2, 0) is 11.3 Å². The average Bonchev–Trinajstić information content (AvgIpc) is 2.37. The third-order valence-electron chi connectivity index (χ3n) is 2.34. The Morgan fingerprint density at radius 1 is 1.25 bits per heavy atom. The van der Waals surface area contributed by atoms with Crippen molar-refractivity contribution in [2.75, 3.05) is 26.4 Å². The van der Waals surface area contributed by atoms with Crippen LogP contribution in [0.1, 0.15) is 12.5 Å². The molecule has 7 heteroatoms. The largest absolute Gasteiger partial charge is 0.492 e. The van der Waals surface area contributed by atoms with E-state index < -0.39 is 13.0 Å². The second-order valence-corrected chi connectivity index (χ2v) is 5.67. The van der Waals surface area contributed by atoms with Crippen LogP contribution < -0.4 is 10.1 Å². The highest BCUT2D eigenvalue weighted by atomic mass is 79.9. The zero-order chi connectivity index (χ0) is 15.0. The molecule has 0 spiro atoms. The topological polar surface area (TPSA) is 30.5 Å². The fourth-order valence-electron chi connectivity index (χ4n) is 1.55. The lowest BCUT2D eigenvalue weighted by atomic mass is 10.2. The van der Waals surface area contributed by atoms with Crippen molar-refractivity contribution in [3.8, 4) is 5.75 Å². The molecule has 114 valence electrons. The van der Waals surface area contributed by atoms with Gasteiger partial charge in [-0.25, -0.2) is 8.78 Å². The Bertz CT molecular complexity index is 396. The van der Waals surface area contributed by atoms with Gasteiger partial charge in [-0.1, -0.05) is 0 Å². The Balaban J connectivity index is 2.37. The van der Waals surface area contributed by atoms with Crippen molar-refractivity contribution in [3.63, 3.8) is 0 Å². The van der Waals surface area contributed by atoms with Gasteiger partial charge in [0.15, 0.2) is 0 Å². The lowest BCUT2D eigenvalue weighted by Crippen LogP contribution is -2.20. The third kappa shape index (κ3) is 6.47. The van der Waals surface area contributed by atoms with Gasteiger partial charge in [0.1, 0.15) is 12.4 Å². The van der Waals surface area contributed by atoms with Crippen LogP contribution in [-0.4, -0.2) is 32.8 Å². The molecule has 1 aromatic carbocycles. The van der Waals surface area contributed by atoms with Crippen molar-refractivity contribution in [1.82, 2.24) is 5.32 Å². The molecule has 0 unspecified atom stereocenters. The molecule has 0 aliphatic carbocycles. The van der Waals surface area contributed by atoms with E-state index in [0.29, 0.717) is 19.7 Å². The monoisotopic (exact) mass is 415 g/mol. The van der Waals surface area contributed by atoms with E-state index in [0.717, 1.165) is 20.3 Å². The second-order valence-electron chi connectivity index (χ2n) is 3.96. The number of hydrogen-bond acceptors (Lipinski definition) is 3. The van der Waals surface area contributed by atoms with Gasteiger partial charge in [0.25, 0.3) is 6.43 Å². The van der Waals surface area contributed by atoms with Crippen LogP contribution in [0.5, 0.6) is 5.75 Å². The van der Waals surface area contributed by atoms with Gasteiger partial charge < -0.3 is 14.8 Å². The summed E-state index contributed by atoms with van der Waals surface area (Å²) >= 11 is 6.92. The average molecular weight is 417 g/mol. The van der Waals surface area contributed by atoms with Gasteiger partial charge in [-0.3, -0.25) is 0 Å². The van der Waals surface area contributed by atoms with Gasteiger partial charge in [-0.15, -0.1) is 0 Å². The summed E-state index contributed by atoms with van der Waals surface area (Å²) in [6.07, 6.45) is -2.41. The first-order valence-corrected chi connectivity index (χ1v) is 7.80. The number of rotatable bonds is 9. The molecule has 0 aromatic heterocycles. The molecule has 1 rings (SSSR count). The molecule has 0 aliphatic rings. The molecule has 0 heterocycles. The fourth-order valence-corrected chi connectivity index (χ4v) is 3.06. The van der Waals surface area contributed by atoms with Crippen LogP contribution in [0, 0.1) is 0 Å². The summed E-state index contributed by atoms with van der Waals surface area (Å²) in [6, 6.07) is 3.92. The highest BCUT2D eigenvalue weighted by molar-refractivity contribution is 9.11. The fraction of sp³-hybridized carbons (Fsp3) is 0.538. The Morgan fingerprint density at radius 3 is 2.45 bits per heavy atom. The molecule has 3 nitrogen and oxygen atoms in total. The first kappa shape index (κ1) is 17.8. The van der Waals surface area contributed by atoms with Crippen LogP contribution in [0.3, 0.4) is 0 Å². The predicted molar refractivity (Wildman–Crippen MR) is 81.5 cm³/mol. The molecule has 1 aromatic rings. The summed E-state index contributed by atoms with van der Waals surface area (Å²) < 4.78 is 35.7. The first-order valence-electron chi connectivity index (χ1n) is 6.22. The molecule has 0 amide bonds. The quantitative estimate of drug-likeness (QED) is 0.617. The molecule has 1 N–H and O–H groups in total. The molecule has 0 atom stereocenters. The Labute approximate surface area is 134 Å². The van der Waals surface area contributed by atoms with Crippen molar-refractivity contribution in [2.45, 2.75) is 19.9 Å². The highest BCUT2D eigenvalue weighted by Crippen LogP contribution is 2.34. The van der Waals surface area contributed by atoms with E-state index in [1.807, 2.05) is 19.1 Å². The molecule has 0 fully saturated rings. The van der Waals surface area contributed by atoms with E-state index in [2.05, 4.69) is 37.2 Å². The van der Waals surface area contributed by atoms with E-state index in [4.69, 9.17) is 9.47 Å². The maximum Gasteiger partial charge on any atom is 0.261 e. The minimum atomic E-state index is -2.41. The van der Waals surface area contributed by atoms with E-state index in [9.17, 15) is 8.78 Å². The van der Waals surface area contributed by atoms with Crippen molar-refractivity contribution < 1.29 is 18.3 Å². The van der Waals surface area contributed by atoms with Gasteiger partial charge in [-0.05, 0) is 56.5 Å². The van der Waals surface area contributed by atoms with Crippen LogP contribution in [0.25, 0.3) is 0 Å². The van der Waals surface area contributed by atoms with Crippen molar-refractivity contribution in [2.24, 2.45) is 0 Å². The summed E-state index contributed by atoms with van der Waals surface area (Å²) in [4.78, 5) is 0. The van der Waals surface area contributed by atoms with Gasteiger partial charge in [-0.2, -0.15) is 0 Å². The van der Waals surface area contributed by atoms with Crippen molar-refractivity contribution >= 4 is 31.9 Å². The van der Waals surface area contributed by atoms with Crippen LogP contribution in [0.4, 0.5) is 8.78 Å². The maximum absolute atomic E-state index is 11.8. The minimum Gasteiger partial charge on any atom is -0.492 e. The number of halogens is 4. The molecule has 0 bridgehead atoms. The summed E-state index contributed by atoms with van der Waals surface area (Å²) in [5.74, 6) is 0.775. The molecular formula is C13H17Br2F2NO2. The van der Waals surface area contributed by atoms with E-state index >= 15 is 0 Å². The van der Waals surface area contributed by atoms with E-state index in [1.165, 1.54) is 0 Å². The third-order valence-corrected chi connectivity index (χ3v) is 3.52. The van der Waals surface area contributed by atoms with Gasteiger partial charge in [0, 0.05) is 13.1 Å². The van der Waals surface area contributed by atoms with Crippen molar-refractivity contribution in [1.29, 1.82) is 0 Å². The lowest BCUT2D eigenvalue weighted by Gasteiger charge is -2.11. The number of alkyl halides is 2. The first-order chi connectivity index (χ1) is 9.54. The number of ether oxygens (including phenoxy) is 2. The number of hydrogen-bond donors (Lipinski definition) is 1.